The third kappa shape index (κ3) is 6.95. The van der Waals surface area contributed by atoms with E-state index in [-0.39, 0.29) is 0 Å². The van der Waals surface area contributed by atoms with Gasteiger partial charge in [0.2, 0.25) is 0 Å². The number of rotatable bonds is 3. The average Bonchev–Trinajstić information content (AvgIpc) is 2.97. The van der Waals surface area contributed by atoms with E-state index in [1.807, 2.05) is 48.5 Å². The first-order valence-corrected chi connectivity index (χ1v) is 12.6. The molecule has 0 saturated heterocycles. The highest BCUT2D eigenvalue weighted by molar-refractivity contribution is 5.77. The van der Waals surface area contributed by atoms with Crippen molar-refractivity contribution >= 4 is 0 Å². The molecule has 0 bridgehead atoms. The maximum atomic E-state index is 6.11. The lowest BCUT2D eigenvalue weighted by Gasteiger charge is -2.15. The van der Waals surface area contributed by atoms with Gasteiger partial charge in [-0.25, -0.2) is 4.98 Å². The Morgan fingerprint density at radius 3 is 1.43 bits per heavy atom. The summed E-state index contributed by atoms with van der Waals surface area (Å²) in [5.74, 6) is 1.35. The van der Waals surface area contributed by atoms with Gasteiger partial charge >= 0.3 is 0 Å². The zero-order chi connectivity index (χ0) is 25.1. The fourth-order valence-corrected chi connectivity index (χ4v) is 4.09. The van der Waals surface area contributed by atoms with E-state index in [2.05, 4.69) is 42.5 Å². The standard InChI is InChI=1S/C31H31NO5/c1-3-7-24(8-4-1)28-21-27(22-29(32-28)25-9-5-2-6-10-25)26-11-12-30-31(23-26)37-20-18-35-16-14-33-13-15-34-17-19-36-30/h1-12,21-23H,13-20H2. The Kier molecular flexibility index (Phi) is 8.78. The van der Waals surface area contributed by atoms with E-state index in [4.69, 9.17) is 28.7 Å². The van der Waals surface area contributed by atoms with Crippen molar-refractivity contribution < 1.29 is 23.7 Å². The molecule has 0 aliphatic carbocycles. The number of hydrogen-bond acceptors (Lipinski definition) is 6. The lowest BCUT2D eigenvalue weighted by atomic mass is 9.99. The van der Waals surface area contributed by atoms with Gasteiger partial charge in [-0.15, -0.1) is 0 Å². The molecular formula is C31H31NO5. The first-order valence-electron chi connectivity index (χ1n) is 12.6. The summed E-state index contributed by atoms with van der Waals surface area (Å²) in [4.78, 5) is 4.98. The van der Waals surface area contributed by atoms with Crippen molar-refractivity contribution in [2.75, 3.05) is 52.9 Å². The first-order chi connectivity index (χ1) is 18.4. The fourth-order valence-electron chi connectivity index (χ4n) is 4.09. The maximum absolute atomic E-state index is 6.11. The smallest absolute Gasteiger partial charge is 0.161 e. The zero-order valence-corrected chi connectivity index (χ0v) is 20.8. The zero-order valence-electron chi connectivity index (χ0n) is 20.8. The van der Waals surface area contributed by atoms with Crippen LogP contribution in [0.25, 0.3) is 33.6 Å². The highest BCUT2D eigenvalue weighted by Crippen LogP contribution is 2.36. The summed E-state index contributed by atoms with van der Waals surface area (Å²) in [7, 11) is 0. The third-order valence-corrected chi connectivity index (χ3v) is 5.96. The van der Waals surface area contributed by atoms with Crippen LogP contribution < -0.4 is 9.47 Å². The molecule has 0 saturated carbocycles. The molecule has 37 heavy (non-hydrogen) atoms. The van der Waals surface area contributed by atoms with Crippen LogP contribution in [0.3, 0.4) is 0 Å². The Morgan fingerprint density at radius 2 is 0.892 bits per heavy atom. The molecule has 190 valence electrons. The molecule has 0 N–H and O–H groups in total. The van der Waals surface area contributed by atoms with E-state index < -0.39 is 0 Å². The minimum Gasteiger partial charge on any atom is -0.487 e. The highest BCUT2D eigenvalue weighted by Gasteiger charge is 2.13. The SMILES string of the molecule is c1ccc(-c2cc(-c3ccc4c(c3)OCCOCCOCCOCCO4)cc(-c3ccccc3)n2)cc1. The van der Waals surface area contributed by atoms with E-state index in [1.54, 1.807) is 0 Å². The van der Waals surface area contributed by atoms with Crippen LogP contribution in [0.4, 0.5) is 0 Å². The lowest BCUT2D eigenvalue weighted by molar-refractivity contribution is 0.00708. The molecule has 1 aliphatic heterocycles. The number of ether oxygens (including phenoxy) is 5. The number of aromatic nitrogens is 1. The van der Waals surface area contributed by atoms with Crippen molar-refractivity contribution in [2.45, 2.75) is 0 Å². The summed E-state index contributed by atoms with van der Waals surface area (Å²) >= 11 is 0. The Labute approximate surface area is 217 Å². The molecule has 0 spiro atoms. The molecule has 5 rings (SSSR count). The van der Waals surface area contributed by atoms with Gasteiger partial charge in [0, 0.05) is 11.1 Å². The summed E-state index contributed by atoms with van der Waals surface area (Å²) in [5.41, 5.74) is 6.03. The van der Waals surface area contributed by atoms with Gasteiger partial charge in [0.1, 0.15) is 13.2 Å². The summed E-state index contributed by atoms with van der Waals surface area (Å²) in [6, 6.07) is 30.7. The third-order valence-electron chi connectivity index (χ3n) is 5.96. The van der Waals surface area contributed by atoms with Crippen LogP contribution in [-0.2, 0) is 14.2 Å². The molecule has 2 heterocycles. The van der Waals surface area contributed by atoms with E-state index in [1.165, 1.54) is 0 Å². The van der Waals surface area contributed by atoms with Gasteiger partial charge in [-0.3, -0.25) is 0 Å². The monoisotopic (exact) mass is 497 g/mol. The summed E-state index contributed by atoms with van der Waals surface area (Å²) in [6.07, 6.45) is 0. The highest BCUT2D eigenvalue weighted by atomic mass is 16.6. The summed E-state index contributed by atoms with van der Waals surface area (Å²) in [6.45, 7) is 3.92. The second kappa shape index (κ2) is 13.0. The van der Waals surface area contributed by atoms with E-state index in [0.29, 0.717) is 64.4 Å². The van der Waals surface area contributed by atoms with Gasteiger partial charge in [-0.2, -0.15) is 0 Å². The lowest BCUT2D eigenvalue weighted by Crippen LogP contribution is -2.13. The van der Waals surface area contributed by atoms with Crippen molar-refractivity contribution in [3.8, 4) is 45.1 Å². The van der Waals surface area contributed by atoms with Crippen molar-refractivity contribution in [1.82, 2.24) is 4.98 Å². The first kappa shape index (κ1) is 25.0. The molecule has 4 aromatic rings. The van der Waals surface area contributed by atoms with Gasteiger partial charge in [0.05, 0.1) is 51.0 Å². The largest absolute Gasteiger partial charge is 0.487 e. The molecule has 6 heteroatoms. The molecule has 0 amide bonds. The van der Waals surface area contributed by atoms with Crippen LogP contribution in [0.2, 0.25) is 0 Å². The molecule has 6 nitrogen and oxygen atoms in total. The van der Waals surface area contributed by atoms with Crippen LogP contribution >= 0.6 is 0 Å². The Bertz CT molecular complexity index is 1210. The van der Waals surface area contributed by atoms with Crippen molar-refractivity contribution in [3.63, 3.8) is 0 Å². The molecular weight excluding hydrogens is 466 g/mol. The van der Waals surface area contributed by atoms with Crippen LogP contribution in [-0.4, -0.2) is 57.8 Å². The number of pyridine rings is 1. The van der Waals surface area contributed by atoms with Crippen LogP contribution in [0.1, 0.15) is 0 Å². The number of hydrogen-bond donors (Lipinski definition) is 0. The number of benzene rings is 3. The van der Waals surface area contributed by atoms with Crippen LogP contribution in [0.15, 0.2) is 91.0 Å². The van der Waals surface area contributed by atoms with Crippen molar-refractivity contribution in [1.29, 1.82) is 0 Å². The second-order valence-electron chi connectivity index (χ2n) is 8.55. The molecule has 1 aromatic heterocycles. The molecule has 1 aliphatic rings. The summed E-state index contributed by atoms with van der Waals surface area (Å²) < 4.78 is 28.8. The van der Waals surface area contributed by atoms with Gasteiger partial charge < -0.3 is 23.7 Å². The van der Waals surface area contributed by atoms with Gasteiger partial charge in [-0.05, 0) is 35.4 Å². The molecule has 0 atom stereocenters. The minimum atomic E-state index is 0.414. The van der Waals surface area contributed by atoms with E-state index >= 15 is 0 Å². The topological polar surface area (TPSA) is 59.0 Å². The molecule has 0 unspecified atom stereocenters. The normalized spacial score (nSPS) is 15.4. The molecule has 3 aromatic carbocycles. The van der Waals surface area contributed by atoms with Gasteiger partial charge in [0.15, 0.2) is 11.5 Å². The second-order valence-corrected chi connectivity index (χ2v) is 8.55. The number of fused-ring (bicyclic) bond motifs is 1. The van der Waals surface area contributed by atoms with Gasteiger partial charge in [-0.1, -0.05) is 66.7 Å². The molecule has 0 fully saturated rings. The predicted molar refractivity (Wildman–Crippen MR) is 144 cm³/mol. The number of nitrogens with zero attached hydrogens (tertiary/aromatic N) is 1. The fraction of sp³-hybridized carbons (Fsp3) is 0.258. The summed E-state index contributed by atoms with van der Waals surface area (Å²) in [5, 5.41) is 0. The van der Waals surface area contributed by atoms with Crippen molar-refractivity contribution in [3.05, 3.63) is 91.0 Å². The quantitative estimate of drug-likeness (QED) is 0.351. The average molecular weight is 498 g/mol. The van der Waals surface area contributed by atoms with E-state index in [9.17, 15) is 0 Å². The van der Waals surface area contributed by atoms with Gasteiger partial charge in [0.25, 0.3) is 0 Å². The van der Waals surface area contributed by atoms with E-state index in [0.717, 1.165) is 33.6 Å². The van der Waals surface area contributed by atoms with Crippen LogP contribution in [0.5, 0.6) is 11.5 Å². The molecule has 0 radical (unpaired) electrons. The Morgan fingerprint density at radius 1 is 0.405 bits per heavy atom. The Hall–Kier alpha value is -3.71. The van der Waals surface area contributed by atoms with Crippen LogP contribution in [0, 0.1) is 0 Å². The predicted octanol–water partition coefficient (Wildman–Crippen LogP) is 5.90. The minimum absolute atomic E-state index is 0.414. The maximum Gasteiger partial charge on any atom is 0.161 e. The van der Waals surface area contributed by atoms with Crippen molar-refractivity contribution in [2.24, 2.45) is 0 Å². The Balaban J connectivity index is 1.48.